The summed E-state index contributed by atoms with van der Waals surface area (Å²) in [6, 6.07) is 18.6. The molecule has 0 aromatic heterocycles. The number of urea groups is 1. The molecule has 28 heavy (non-hydrogen) atoms. The number of hydrogen-bond acceptors (Lipinski definition) is 3. The van der Waals surface area contributed by atoms with E-state index in [0.29, 0.717) is 18.8 Å². The molecule has 0 unspecified atom stereocenters. The maximum absolute atomic E-state index is 13.0. The van der Waals surface area contributed by atoms with Crippen molar-refractivity contribution < 1.29 is 9.59 Å². The van der Waals surface area contributed by atoms with Crippen LogP contribution in [0.15, 0.2) is 60.7 Å². The van der Waals surface area contributed by atoms with Gasteiger partial charge in [-0.2, -0.15) is 0 Å². The third kappa shape index (κ3) is 5.03. The number of likely N-dealkylation sites (tertiary alicyclic amines) is 1. The highest BCUT2D eigenvalue weighted by atomic mass is 35.5. The summed E-state index contributed by atoms with van der Waals surface area (Å²) in [5, 5.41) is 5.51. The van der Waals surface area contributed by atoms with Gasteiger partial charge in [0.15, 0.2) is 0 Å². The molecule has 2 aromatic rings. The monoisotopic (exact) mass is 402 g/mol. The number of carbonyl (C=O) groups excluding carboxylic acids is 2. The zero-order valence-corrected chi connectivity index (χ0v) is 16.9. The number of para-hydroxylation sites is 1. The van der Waals surface area contributed by atoms with Crippen molar-refractivity contribution in [2.24, 2.45) is 5.73 Å². The van der Waals surface area contributed by atoms with Gasteiger partial charge in [-0.25, -0.2) is 4.79 Å². The smallest absolute Gasteiger partial charge is 0.320 e. The average Bonchev–Trinajstić information content (AvgIpc) is 3.03. The number of nitrogens with zero attached hydrogens (tertiary/aromatic N) is 1. The highest BCUT2D eigenvalue weighted by Crippen LogP contribution is 2.28. The van der Waals surface area contributed by atoms with Gasteiger partial charge in [-0.1, -0.05) is 48.5 Å². The average molecular weight is 403 g/mol. The molecule has 1 heterocycles. The van der Waals surface area contributed by atoms with Gasteiger partial charge in [-0.15, -0.1) is 12.4 Å². The number of rotatable bonds is 4. The van der Waals surface area contributed by atoms with Gasteiger partial charge in [0.1, 0.15) is 5.54 Å². The van der Waals surface area contributed by atoms with Crippen LogP contribution in [0.3, 0.4) is 0 Å². The van der Waals surface area contributed by atoms with Gasteiger partial charge in [0.25, 0.3) is 0 Å². The lowest BCUT2D eigenvalue weighted by Crippen LogP contribution is -2.56. The Hall–Kier alpha value is -2.57. The van der Waals surface area contributed by atoms with Crippen molar-refractivity contribution in [3.8, 4) is 0 Å². The second kappa shape index (κ2) is 9.08. The maximum atomic E-state index is 13.0. The van der Waals surface area contributed by atoms with Crippen molar-refractivity contribution in [3.05, 3.63) is 66.2 Å². The Morgan fingerprint density at radius 1 is 1.00 bits per heavy atom. The number of amides is 3. The molecule has 3 rings (SSSR count). The SMILES string of the molecule is CC(C)(NC(=O)Nc1ccccc1)C(=O)N1C[C@@H](N)[C@H](c2ccccc2)C1.Cl. The third-order valence-corrected chi connectivity index (χ3v) is 4.87. The molecule has 0 saturated carbocycles. The minimum Gasteiger partial charge on any atom is -0.338 e. The fourth-order valence-corrected chi connectivity index (χ4v) is 3.46. The van der Waals surface area contributed by atoms with Gasteiger partial charge in [0.05, 0.1) is 0 Å². The first-order valence-corrected chi connectivity index (χ1v) is 9.11. The van der Waals surface area contributed by atoms with E-state index < -0.39 is 11.6 Å². The molecule has 0 radical (unpaired) electrons. The molecule has 0 bridgehead atoms. The van der Waals surface area contributed by atoms with Crippen LogP contribution in [0.4, 0.5) is 10.5 Å². The summed E-state index contributed by atoms with van der Waals surface area (Å²) in [5.41, 5.74) is 7.06. The Balaban J connectivity index is 0.00000280. The van der Waals surface area contributed by atoms with Crippen LogP contribution in [0.5, 0.6) is 0 Å². The second-order valence-electron chi connectivity index (χ2n) is 7.46. The Morgan fingerprint density at radius 3 is 2.18 bits per heavy atom. The van der Waals surface area contributed by atoms with E-state index in [1.807, 2.05) is 48.5 Å². The van der Waals surface area contributed by atoms with E-state index in [1.54, 1.807) is 30.9 Å². The highest BCUT2D eigenvalue weighted by molar-refractivity contribution is 5.95. The van der Waals surface area contributed by atoms with Crippen molar-refractivity contribution in [1.82, 2.24) is 10.2 Å². The summed E-state index contributed by atoms with van der Waals surface area (Å²) in [4.78, 5) is 27.0. The van der Waals surface area contributed by atoms with Crippen LogP contribution in [0.1, 0.15) is 25.3 Å². The zero-order chi connectivity index (χ0) is 19.4. The Morgan fingerprint density at radius 2 is 1.57 bits per heavy atom. The number of anilines is 1. The van der Waals surface area contributed by atoms with Crippen molar-refractivity contribution in [1.29, 1.82) is 0 Å². The molecular weight excluding hydrogens is 376 g/mol. The van der Waals surface area contributed by atoms with E-state index >= 15 is 0 Å². The van der Waals surface area contributed by atoms with Crippen molar-refractivity contribution >= 4 is 30.0 Å². The number of benzene rings is 2. The summed E-state index contributed by atoms with van der Waals surface area (Å²) in [5.74, 6) is -0.0383. The zero-order valence-electron chi connectivity index (χ0n) is 16.1. The lowest BCUT2D eigenvalue weighted by molar-refractivity contribution is -0.135. The Labute approximate surface area is 171 Å². The molecule has 1 aliphatic rings. The van der Waals surface area contributed by atoms with Crippen molar-refractivity contribution in [2.45, 2.75) is 31.3 Å². The van der Waals surface area contributed by atoms with Crippen LogP contribution < -0.4 is 16.4 Å². The van der Waals surface area contributed by atoms with Crippen LogP contribution in [-0.4, -0.2) is 41.5 Å². The standard InChI is InChI=1S/C21H26N4O2.ClH/c1-21(2,24-20(27)23-16-11-7-4-8-12-16)19(26)25-13-17(18(22)14-25)15-9-5-3-6-10-15;/h3-12,17-18H,13-14,22H2,1-2H3,(H2,23,24,27);1H/t17-,18+;/m0./s1. The molecule has 3 amide bonds. The van der Waals surface area contributed by atoms with Crippen LogP contribution >= 0.6 is 12.4 Å². The van der Waals surface area contributed by atoms with Gasteiger partial charge in [0, 0.05) is 30.7 Å². The first-order valence-electron chi connectivity index (χ1n) is 9.11. The van der Waals surface area contributed by atoms with Gasteiger partial charge < -0.3 is 21.3 Å². The minimum absolute atomic E-state index is 0. The first kappa shape index (κ1) is 21.7. The molecule has 2 atom stereocenters. The van der Waals surface area contributed by atoms with E-state index in [1.165, 1.54) is 0 Å². The van der Waals surface area contributed by atoms with Crippen LogP contribution in [0.25, 0.3) is 0 Å². The van der Waals surface area contributed by atoms with E-state index in [4.69, 9.17) is 5.73 Å². The predicted octanol–water partition coefficient (Wildman–Crippen LogP) is 2.96. The van der Waals surface area contributed by atoms with Gasteiger partial charge in [-0.3, -0.25) is 4.79 Å². The fraction of sp³-hybridized carbons (Fsp3) is 0.333. The summed E-state index contributed by atoms with van der Waals surface area (Å²) in [6.45, 7) is 4.45. The number of nitrogens with one attached hydrogen (secondary N) is 2. The second-order valence-corrected chi connectivity index (χ2v) is 7.46. The maximum Gasteiger partial charge on any atom is 0.320 e. The van der Waals surface area contributed by atoms with Gasteiger partial charge >= 0.3 is 6.03 Å². The highest BCUT2D eigenvalue weighted by Gasteiger charge is 2.40. The summed E-state index contributed by atoms with van der Waals surface area (Å²) >= 11 is 0. The normalized spacial score (nSPS) is 18.9. The summed E-state index contributed by atoms with van der Waals surface area (Å²) < 4.78 is 0. The van der Waals surface area contributed by atoms with Gasteiger partial charge in [0.2, 0.25) is 5.91 Å². The molecule has 2 aromatic carbocycles. The molecule has 6 nitrogen and oxygen atoms in total. The largest absolute Gasteiger partial charge is 0.338 e. The Bertz CT molecular complexity index is 799. The lowest BCUT2D eigenvalue weighted by Gasteiger charge is -2.30. The molecule has 150 valence electrons. The number of nitrogens with two attached hydrogens (primary N) is 1. The quantitative estimate of drug-likeness (QED) is 0.734. The minimum atomic E-state index is -1.04. The molecule has 4 N–H and O–H groups in total. The summed E-state index contributed by atoms with van der Waals surface area (Å²) in [6.07, 6.45) is 0. The molecule has 7 heteroatoms. The molecule has 1 saturated heterocycles. The van der Waals surface area contributed by atoms with E-state index in [0.717, 1.165) is 5.56 Å². The number of carbonyl (C=O) groups is 2. The topological polar surface area (TPSA) is 87.5 Å². The van der Waals surface area contributed by atoms with Crippen LogP contribution in [0, 0.1) is 0 Å². The third-order valence-electron chi connectivity index (χ3n) is 4.87. The van der Waals surface area contributed by atoms with E-state index in [2.05, 4.69) is 10.6 Å². The van der Waals surface area contributed by atoms with Crippen molar-refractivity contribution in [2.75, 3.05) is 18.4 Å². The molecule has 1 fully saturated rings. The van der Waals surface area contributed by atoms with Gasteiger partial charge in [-0.05, 0) is 31.5 Å². The van der Waals surface area contributed by atoms with Crippen molar-refractivity contribution in [3.63, 3.8) is 0 Å². The lowest BCUT2D eigenvalue weighted by atomic mass is 9.95. The predicted molar refractivity (Wildman–Crippen MR) is 114 cm³/mol. The molecule has 1 aliphatic heterocycles. The number of hydrogen-bond donors (Lipinski definition) is 3. The first-order chi connectivity index (χ1) is 12.9. The Kier molecular flexibility index (Phi) is 7.05. The summed E-state index contributed by atoms with van der Waals surface area (Å²) in [7, 11) is 0. The molecular formula is C21H27ClN4O2. The van der Waals surface area contributed by atoms with E-state index in [-0.39, 0.29) is 30.3 Å². The number of halogens is 1. The van der Waals surface area contributed by atoms with Crippen LogP contribution in [0.2, 0.25) is 0 Å². The molecule has 0 spiro atoms. The van der Waals surface area contributed by atoms with E-state index in [9.17, 15) is 9.59 Å². The molecule has 0 aliphatic carbocycles. The van der Waals surface area contributed by atoms with Crippen LogP contribution in [-0.2, 0) is 4.79 Å². The fourth-order valence-electron chi connectivity index (χ4n) is 3.46.